The van der Waals surface area contributed by atoms with Gasteiger partial charge in [0.2, 0.25) is 0 Å². The van der Waals surface area contributed by atoms with Gasteiger partial charge in [0.25, 0.3) is 0 Å². The summed E-state index contributed by atoms with van der Waals surface area (Å²) in [5.41, 5.74) is 1.75. The van der Waals surface area contributed by atoms with Gasteiger partial charge in [-0.05, 0) is 28.9 Å². The van der Waals surface area contributed by atoms with Crippen molar-refractivity contribution in [1.82, 2.24) is 14.8 Å². The third-order valence-corrected chi connectivity index (χ3v) is 2.48. The molecule has 0 bridgehead atoms. The Morgan fingerprint density at radius 2 is 2.36 bits per heavy atom. The number of halogens is 1. The van der Waals surface area contributed by atoms with Crippen LogP contribution < -0.4 is 0 Å². The maximum absolute atomic E-state index is 8.85. The van der Waals surface area contributed by atoms with Crippen LogP contribution in [0.4, 0.5) is 0 Å². The van der Waals surface area contributed by atoms with E-state index in [9.17, 15) is 0 Å². The molecule has 2 heterocycles. The molecule has 0 saturated heterocycles. The van der Waals surface area contributed by atoms with Gasteiger partial charge in [-0.1, -0.05) is 0 Å². The first kappa shape index (κ1) is 9.61. The Kier molecular flexibility index (Phi) is 2.52. The molecule has 0 saturated carbocycles. The summed E-state index contributed by atoms with van der Waals surface area (Å²) < 4.78 is 2.66. The van der Waals surface area contributed by atoms with Gasteiger partial charge >= 0.3 is 0 Å². The van der Waals surface area contributed by atoms with Crippen molar-refractivity contribution in [2.75, 3.05) is 6.61 Å². The lowest BCUT2D eigenvalue weighted by molar-refractivity contribution is 0.271. The minimum Gasteiger partial charge on any atom is -0.394 e. The van der Waals surface area contributed by atoms with Crippen molar-refractivity contribution in [3.8, 4) is 0 Å². The molecule has 0 atom stereocenters. The highest BCUT2D eigenvalue weighted by molar-refractivity contribution is 9.10. The lowest BCUT2D eigenvalue weighted by Gasteiger charge is -1.98. The molecular weight excluding hydrogens is 246 g/mol. The Bertz CT molecular complexity index is 466. The van der Waals surface area contributed by atoms with Gasteiger partial charge in [-0.25, -0.2) is 9.67 Å². The highest BCUT2D eigenvalue weighted by Crippen LogP contribution is 2.19. The highest BCUT2D eigenvalue weighted by atomic mass is 79.9. The van der Waals surface area contributed by atoms with Crippen LogP contribution in [0.15, 0.2) is 16.7 Å². The van der Waals surface area contributed by atoms with Crippen molar-refractivity contribution in [3.05, 3.63) is 22.4 Å². The second-order valence-electron chi connectivity index (χ2n) is 3.06. The number of pyridine rings is 1. The van der Waals surface area contributed by atoms with E-state index in [4.69, 9.17) is 5.11 Å². The smallest absolute Gasteiger partial charge is 0.158 e. The van der Waals surface area contributed by atoms with Crippen LogP contribution in [-0.2, 0) is 6.54 Å². The molecule has 5 heteroatoms. The SMILES string of the molecule is Cc1nn(CCO)c2ncc(Br)cc12. The number of hydrogen-bond donors (Lipinski definition) is 1. The lowest BCUT2D eigenvalue weighted by Crippen LogP contribution is -2.04. The zero-order chi connectivity index (χ0) is 10.1. The second kappa shape index (κ2) is 3.67. The second-order valence-corrected chi connectivity index (χ2v) is 3.97. The summed E-state index contributed by atoms with van der Waals surface area (Å²) in [5.74, 6) is 0. The van der Waals surface area contributed by atoms with E-state index in [1.165, 1.54) is 0 Å². The quantitative estimate of drug-likeness (QED) is 0.885. The zero-order valence-corrected chi connectivity index (χ0v) is 9.32. The van der Waals surface area contributed by atoms with Crippen LogP contribution in [0.2, 0.25) is 0 Å². The summed E-state index contributed by atoms with van der Waals surface area (Å²) >= 11 is 3.37. The first-order valence-corrected chi connectivity index (χ1v) is 5.11. The number of aliphatic hydroxyl groups excluding tert-OH is 1. The molecule has 0 aliphatic heterocycles. The van der Waals surface area contributed by atoms with Crippen LogP contribution in [0.1, 0.15) is 5.69 Å². The molecule has 2 aromatic heterocycles. The van der Waals surface area contributed by atoms with E-state index in [0.29, 0.717) is 6.54 Å². The van der Waals surface area contributed by atoms with Crippen molar-refractivity contribution in [1.29, 1.82) is 0 Å². The van der Waals surface area contributed by atoms with Crippen molar-refractivity contribution < 1.29 is 5.11 Å². The highest BCUT2D eigenvalue weighted by Gasteiger charge is 2.07. The molecule has 0 spiro atoms. The van der Waals surface area contributed by atoms with Crippen molar-refractivity contribution in [3.63, 3.8) is 0 Å². The number of rotatable bonds is 2. The van der Waals surface area contributed by atoms with Crippen LogP contribution in [0, 0.1) is 6.92 Å². The molecule has 4 nitrogen and oxygen atoms in total. The zero-order valence-electron chi connectivity index (χ0n) is 7.74. The largest absolute Gasteiger partial charge is 0.394 e. The Labute approximate surface area is 89.7 Å². The average Bonchev–Trinajstić information content (AvgIpc) is 2.44. The van der Waals surface area contributed by atoms with Crippen LogP contribution >= 0.6 is 15.9 Å². The van der Waals surface area contributed by atoms with E-state index < -0.39 is 0 Å². The molecule has 0 aliphatic rings. The van der Waals surface area contributed by atoms with E-state index in [0.717, 1.165) is 21.2 Å². The number of aryl methyl sites for hydroxylation is 1. The monoisotopic (exact) mass is 255 g/mol. The van der Waals surface area contributed by atoms with Crippen molar-refractivity contribution in [2.45, 2.75) is 13.5 Å². The van der Waals surface area contributed by atoms with Crippen LogP contribution in [0.5, 0.6) is 0 Å². The number of hydrogen-bond acceptors (Lipinski definition) is 3. The predicted molar refractivity (Wildman–Crippen MR) is 57.1 cm³/mol. The molecule has 2 rings (SSSR count). The van der Waals surface area contributed by atoms with E-state index >= 15 is 0 Å². The molecular formula is C9H10BrN3O. The third-order valence-electron chi connectivity index (χ3n) is 2.05. The molecule has 0 radical (unpaired) electrons. The van der Waals surface area contributed by atoms with E-state index in [1.54, 1.807) is 10.9 Å². The van der Waals surface area contributed by atoms with Crippen LogP contribution in [0.25, 0.3) is 11.0 Å². The molecule has 0 amide bonds. The maximum Gasteiger partial charge on any atom is 0.158 e. The fraction of sp³-hybridized carbons (Fsp3) is 0.333. The van der Waals surface area contributed by atoms with Gasteiger partial charge < -0.3 is 5.11 Å². The first-order chi connectivity index (χ1) is 6.72. The summed E-state index contributed by atoms with van der Waals surface area (Å²) in [6.45, 7) is 2.50. The molecule has 14 heavy (non-hydrogen) atoms. The Morgan fingerprint density at radius 3 is 3.07 bits per heavy atom. The number of fused-ring (bicyclic) bond motifs is 1. The summed E-state index contributed by atoms with van der Waals surface area (Å²) in [6.07, 6.45) is 1.73. The summed E-state index contributed by atoms with van der Waals surface area (Å²) in [5, 5.41) is 14.2. The first-order valence-electron chi connectivity index (χ1n) is 4.32. The van der Waals surface area contributed by atoms with Gasteiger partial charge in [0.1, 0.15) is 0 Å². The molecule has 0 fully saturated rings. The molecule has 0 aliphatic carbocycles. The molecule has 74 valence electrons. The minimum absolute atomic E-state index is 0.0773. The average molecular weight is 256 g/mol. The van der Waals surface area contributed by atoms with E-state index in [2.05, 4.69) is 26.0 Å². The number of nitrogens with zero attached hydrogens (tertiary/aromatic N) is 3. The summed E-state index contributed by atoms with van der Waals surface area (Å²) in [6, 6.07) is 1.98. The fourth-order valence-electron chi connectivity index (χ4n) is 1.44. The standard InChI is InChI=1S/C9H10BrN3O/c1-6-8-4-7(10)5-11-9(8)13(12-6)2-3-14/h4-5,14H,2-3H2,1H3. The van der Waals surface area contributed by atoms with E-state index in [1.807, 2.05) is 13.0 Å². The maximum atomic E-state index is 8.85. The third kappa shape index (κ3) is 1.53. The van der Waals surface area contributed by atoms with Crippen molar-refractivity contribution in [2.24, 2.45) is 0 Å². The van der Waals surface area contributed by atoms with Gasteiger partial charge in [0, 0.05) is 16.1 Å². The van der Waals surface area contributed by atoms with Crippen LogP contribution in [-0.4, -0.2) is 26.5 Å². The Morgan fingerprint density at radius 1 is 1.57 bits per heavy atom. The van der Waals surface area contributed by atoms with Gasteiger partial charge in [-0.2, -0.15) is 5.10 Å². The van der Waals surface area contributed by atoms with Gasteiger partial charge in [-0.15, -0.1) is 0 Å². The topological polar surface area (TPSA) is 50.9 Å². The summed E-state index contributed by atoms with van der Waals surface area (Å²) in [4.78, 5) is 4.26. The Hall–Kier alpha value is -0.940. The van der Waals surface area contributed by atoms with Gasteiger partial charge in [0.15, 0.2) is 5.65 Å². The van der Waals surface area contributed by atoms with Crippen molar-refractivity contribution >= 4 is 27.0 Å². The summed E-state index contributed by atoms with van der Waals surface area (Å²) in [7, 11) is 0. The van der Waals surface area contributed by atoms with Gasteiger partial charge in [0.05, 0.1) is 18.8 Å². The van der Waals surface area contributed by atoms with Gasteiger partial charge in [-0.3, -0.25) is 0 Å². The molecule has 2 aromatic rings. The molecule has 0 aromatic carbocycles. The minimum atomic E-state index is 0.0773. The number of aliphatic hydroxyl groups is 1. The molecule has 1 N–H and O–H groups in total. The van der Waals surface area contributed by atoms with E-state index in [-0.39, 0.29) is 6.61 Å². The Balaban J connectivity index is 2.65. The van der Waals surface area contributed by atoms with Crippen LogP contribution in [0.3, 0.4) is 0 Å². The number of aromatic nitrogens is 3. The predicted octanol–water partition coefficient (Wildman–Crippen LogP) is 1.49. The lowest BCUT2D eigenvalue weighted by atomic mass is 10.3. The normalized spacial score (nSPS) is 11.1. The fourth-order valence-corrected chi connectivity index (χ4v) is 1.77. The molecule has 0 unspecified atom stereocenters.